The molecule has 11 nitrogen and oxygen atoms in total. The van der Waals surface area contributed by atoms with E-state index in [0.717, 1.165) is 24.2 Å². The second-order valence-corrected chi connectivity index (χ2v) is 6.46. The van der Waals surface area contributed by atoms with Crippen molar-refractivity contribution >= 4 is 23.3 Å². The standard InChI is InChI=1S/C19H23N5O6/c1-2-28-19(25)23-12-13-15(7-6-8-21-13)29-9-4-3-5-10-30-16-11-14(23)17(24(26)27)18(20)22-16/h6-8,11H,2-5,9-10,12H2,1H3,(H2,20,22). The molecule has 1 aliphatic rings. The lowest BCUT2D eigenvalue weighted by Crippen LogP contribution is -2.32. The van der Waals surface area contributed by atoms with Crippen LogP contribution in [0.3, 0.4) is 0 Å². The summed E-state index contributed by atoms with van der Waals surface area (Å²) >= 11 is 0. The molecule has 0 saturated heterocycles. The number of anilines is 2. The molecule has 0 atom stereocenters. The lowest BCUT2D eigenvalue weighted by Gasteiger charge is -2.23. The molecule has 3 rings (SSSR count). The SMILES string of the molecule is CCOC(=O)N1Cc2ncccc2OCCCCCOc2cc1c([N+](=O)[O-])c(N)n2. The number of nitrogens with zero attached hydrogens (tertiary/aromatic N) is 4. The van der Waals surface area contributed by atoms with Crippen molar-refractivity contribution in [3.05, 3.63) is 40.2 Å². The zero-order valence-corrected chi connectivity index (χ0v) is 16.6. The van der Waals surface area contributed by atoms with E-state index in [9.17, 15) is 14.9 Å². The number of nitro groups is 1. The fourth-order valence-electron chi connectivity index (χ4n) is 3.00. The van der Waals surface area contributed by atoms with Crippen LogP contribution in [0, 0.1) is 10.1 Å². The molecular formula is C19H23N5O6. The van der Waals surface area contributed by atoms with Crippen molar-refractivity contribution in [2.24, 2.45) is 0 Å². The number of aromatic nitrogens is 2. The molecule has 1 amide bonds. The molecule has 0 radical (unpaired) electrons. The van der Waals surface area contributed by atoms with Gasteiger partial charge in [-0.3, -0.25) is 20.0 Å². The fraction of sp³-hybridized carbons (Fsp3) is 0.421. The van der Waals surface area contributed by atoms with Crippen LogP contribution >= 0.6 is 0 Å². The Kier molecular flexibility index (Phi) is 6.83. The molecule has 11 heteroatoms. The summed E-state index contributed by atoms with van der Waals surface area (Å²) in [6.07, 6.45) is 3.16. The summed E-state index contributed by atoms with van der Waals surface area (Å²) < 4.78 is 16.6. The van der Waals surface area contributed by atoms with Crippen LogP contribution in [0.25, 0.3) is 0 Å². The summed E-state index contributed by atoms with van der Waals surface area (Å²) in [5.74, 6) is 0.230. The number of ether oxygens (including phenoxy) is 3. The number of carbonyl (C=O) groups is 1. The molecule has 0 fully saturated rings. The third-order valence-corrected chi connectivity index (χ3v) is 4.39. The molecule has 2 bridgehead atoms. The van der Waals surface area contributed by atoms with Gasteiger partial charge in [0, 0.05) is 12.3 Å². The van der Waals surface area contributed by atoms with Gasteiger partial charge in [-0.25, -0.2) is 4.79 Å². The molecule has 0 spiro atoms. The molecule has 0 saturated carbocycles. The highest BCUT2D eigenvalue weighted by atomic mass is 16.6. The molecule has 3 heterocycles. The van der Waals surface area contributed by atoms with Gasteiger partial charge in [-0.05, 0) is 38.3 Å². The summed E-state index contributed by atoms with van der Waals surface area (Å²) in [4.78, 5) is 33.1. The van der Waals surface area contributed by atoms with Crippen LogP contribution in [0.5, 0.6) is 11.6 Å². The number of rotatable bonds is 2. The van der Waals surface area contributed by atoms with Gasteiger partial charge >= 0.3 is 11.8 Å². The van der Waals surface area contributed by atoms with Crippen LogP contribution in [0.2, 0.25) is 0 Å². The third-order valence-electron chi connectivity index (χ3n) is 4.39. The second kappa shape index (κ2) is 9.72. The normalized spacial score (nSPS) is 14.5. The van der Waals surface area contributed by atoms with Gasteiger partial charge in [0.25, 0.3) is 0 Å². The van der Waals surface area contributed by atoms with Crippen molar-refractivity contribution in [3.8, 4) is 11.6 Å². The number of hydrogen-bond donors (Lipinski definition) is 1. The molecule has 2 N–H and O–H groups in total. The quantitative estimate of drug-likeness (QED) is 0.576. The van der Waals surface area contributed by atoms with Gasteiger partial charge in [0.15, 0.2) is 0 Å². The summed E-state index contributed by atoms with van der Waals surface area (Å²) in [6, 6.07) is 4.78. The summed E-state index contributed by atoms with van der Waals surface area (Å²) in [5.41, 5.74) is 5.67. The number of amides is 1. The van der Waals surface area contributed by atoms with Crippen LogP contribution < -0.4 is 20.1 Å². The van der Waals surface area contributed by atoms with Crippen LogP contribution in [0.1, 0.15) is 31.9 Å². The van der Waals surface area contributed by atoms with Crippen molar-refractivity contribution < 1.29 is 23.9 Å². The fourth-order valence-corrected chi connectivity index (χ4v) is 3.00. The summed E-state index contributed by atoms with van der Waals surface area (Å²) in [5, 5.41) is 11.7. The predicted octanol–water partition coefficient (Wildman–Crippen LogP) is 3.07. The minimum absolute atomic E-state index is 0.0820. The largest absolute Gasteiger partial charge is 0.492 e. The first kappa shape index (κ1) is 21.1. The third kappa shape index (κ3) is 4.85. The number of pyridine rings is 2. The Labute approximate surface area is 172 Å². The van der Waals surface area contributed by atoms with E-state index in [1.807, 2.05) is 0 Å². The first-order valence-corrected chi connectivity index (χ1v) is 9.60. The highest BCUT2D eigenvalue weighted by Crippen LogP contribution is 2.37. The topological polar surface area (TPSA) is 143 Å². The van der Waals surface area contributed by atoms with E-state index in [4.69, 9.17) is 19.9 Å². The molecular weight excluding hydrogens is 394 g/mol. The zero-order chi connectivity index (χ0) is 21.5. The molecule has 0 aliphatic carbocycles. The molecule has 1 aliphatic heterocycles. The number of hydrogen-bond acceptors (Lipinski definition) is 9. The Balaban J connectivity index is 2.15. The van der Waals surface area contributed by atoms with Crippen molar-refractivity contribution in [3.63, 3.8) is 0 Å². The van der Waals surface area contributed by atoms with E-state index in [1.54, 1.807) is 25.3 Å². The van der Waals surface area contributed by atoms with E-state index in [0.29, 0.717) is 24.7 Å². The van der Waals surface area contributed by atoms with Gasteiger partial charge in [-0.2, -0.15) is 4.98 Å². The van der Waals surface area contributed by atoms with Gasteiger partial charge in [-0.1, -0.05) is 0 Å². The van der Waals surface area contributed by atoms with Gasteiger partial charge in [0.1, 0.15) is 17.1 Å². The second-order valence-electron chi connectivity index (χ2n) is 6.46. The van der Waals surface area contributed by atoms with Crippen molar-refractivity contribution in [2.75, 3.05) is 30.5 Å². The lowest BCUT2D eigenvalue weighted by atomic mass is 10.2. The first-order chi connectivity index (χ1) is 14.5. The van der Waals surface area contributed by atoms with Crippen molar-refractivity contribution in [2.45, 2.75) is 32.7 Å². The Bertz CT molecular complexity index is 922. The van der Waals surface area contributed by atoms with E-state index in [1.165, 1.54) is 6.07 Å². The highest BCUT2D eigenvalue weighted by Gasteiger charge is 2.31. The van der Waals surface area contributed by atoms with E-state index in [-0.39, 0.29) is 30.5 Å². The average Bonchev–Trinajstić information content (AvgIpc) is 2.71. The smallest absolute Gasteiger partial charge is 0.414 e. The minimum atomic E-state index is -0.791. The van der Waals surface area contributed by atoms with Crippen LogP contribution in [0.15, 0.2) is 24.4 Å². The predicted molar refractivity (Wildman–Crippen MR) is 108 cm³/mol. The summed E-state index contributed by atoms with van der Waals surface area (Å²) in [7, 11) is 0. The maximum absolute atomic E-state index is 12.8. The first-order valence-electron chi connectivity index (χ1n) is 9.60. The number of fused-ring (bicyclic) bond motifs is 3. The average molecular weight is 417 g/mol. The van der Waals surface area contributed by atoms with Crippen LogP contribution in [-0.2, 0) is 11.3 Å². The Morgan fingerprint density at radius 3 is 2.83 bits per heavy atom. The number of nitrogens with two attached hydrogens (primary N) is 1. The van der Waals surface area contributed by atoms with E-state index >= 15 is 0 Å². The molecule has 30 heavy (non-hydrogen) atoms. The maximum Gasteiger partial charge on any atom is 0.414 e. The van der Waals surface area contributed by atoms with Crippen LogP contribution in [-0.4, -0.2) is 40.8 Å². The number of nitrogen functional groups attached to an aromatic ring is 1. The van der Waals surface area contributed by atoms with Crippen molar-refractivity contribution in [1.82, 2.24) is 9.97 Å². The number of carbonyl (C=O) groups excluding carboxylic acids is 1. The molecule has 2 aromatic rings. The monoisotopic (exact) mass is 417 g/mol. The zero-order valence-electron chi connectivity index (χ0n) is 16.6. The maximum atomic E-state index is 12.8. The van der Waals surface area contributed by atoms with Gasteiger partial charge < -0.3 is 19.9 Å². The molecule has 0 aromatic carbocycles. The lowest BCUT2D eigenvalue weighted by molar-refractivity contribution is -0.383. The molecule has 160 valence electrons. The minimum Gasteiger partial charge on any atom is -0.492 e. The van der Waals surface area contributed by atoms with Gasteiger partial charge in [0.05, 0.1) is 31.3 Å². The Hall–Kier alpha value is -3.63. The Morgan fingerprint density at radius 1 is 1.33 bits per heavy atom. The van der Waals surface area contributed by atoms with Crippen molar-refractivity contribution in [1.29, 1.82) is 0 Å². The molecule has 2 aromatic heterocycles. The highest BCUT2D eigenvalue weighted by molar-refractivity contribution is 5.92. The van der Waals surface area contributed by atoms with E-state index in [2.05, 4.69) is 9.97 Å². The van der Waals surface area contributed by atoms with Gasteiger partial charge in [0.2, 0.25) is 11.7 Å². The van der Waals surface area contributed by atoms with Crippen LogP contribution in [0.4, 0.5) is 22.0 Å². The summed E-state index contributed by atoms with van der Waals surface area (Å²) in [6.45, 7) is 2.41. The molecule has 0 unspecified atom stereocenters. The van der Waals surface area contributed by atoms with Gasteiger partial charge in [-0.15, -0.1) is 0 Å². The van der Waals surface area contributed by atoms with E-state index < -0.39 is 16.7 Å². The Morgan fingerprint density at radius 2 is 2.10 bits per heavy atom.